The van der Waals surface area contributed by atoms with E-state index in [1.807, 2.05) is 6.92 Å². The molecule has 6 nitrogen and oxygen atoms in total. The minimum atomic E-state index is -3.12. The first-order valence-corrected chi connectivity index (χ1v) is 8.55. The van der Waals surface area contributed by atoms with E-state index in [1.54, 1.807) is 18.5 Å². The number of hydrogen-bond donors (Lipinski definition) is 2. The van der Waals surface area contributed by atoms with Gasteiger partial charge in [0.05, 0.1) is 29.8 Å². The lowest BCUT2D eigenvalue weighted by molar-refractivity contribution is 0.337. The second-order valence-corrected chi connectivity index (χ2v) is 7.27. The summed E-state index contributed by atoms with van der Waals surface area (Å²) in [6, 6.07) is 1.35. The maximum absolute atomic E-state index is 12.2. The first-order chi connectivity index (χ1) is 9.58. The summed E-state index contributed by atoms with van der Waals surface area (Å²) >= 11 is 0. The van der Waals surface area contributed by atoms with Crippen LogP contribution in [-0.4, -0.2) is 31.0 Å². The summed E-state index contributed by atoms with van der Waals surface area (Å²) in [4.78, 5) is 4.10. The molecule has 2 heterocycles. The zero-order chi connectivity index (χ0) is 14.6. The van der Waals surface area contributed by atoms with Gasteiger partial charge in [-0.1, -0.05) is 6.42 Å². The van der Waals surface area contributed by atoms with Gasteiger partial charge in [0.2, 0.25) is 0 Å². The second kappa shape index (κ2) is 6.51. The molecule has 112 valence electrons. The van der Waals surface area contributed by atoms with E-state index in [1.165, 1.54) is 0 Å². The van der Waals surface area contributed by atoms with Gasteiger partial charge in [-0.25, -0.2) is 8.42 Å². The zero-order valence-corrected chi connectivity index (χ0v) is 12.4. The molecule has 0 aromatic carbocycles. The quantitative estimate of drug-likeness (QED) is 0.621. The highest BCUT2D eigenvalue weighted by molar-refractivity contribution is 7.92. The van der Waals surface area contributed by atoms with E-state index in [2.05, 4.69) is 10.4 Å². The Labute approximate surface area is 119 Å². The zero-order valence-electron chi connectivity index (χ0n) is 11.6. The van der Waals surface area contributed by atoms with E-state index in [0.717, 1.165) is 18.4 Å². The Balaban J connectivity index is 2.29. The summed E-state index contributed by atoms with van der Waals surface area (Å²) in [6.07, 6.45) is 5.50. The molecule has 2 atom stereocenters. The van der Waals surface area contributed by atoms with Crippen molar-refractivity contribution in [3.63, 3.8) is 0 Å². The smallest absolute Gasteiger partial charge is 0.155 e. The number of ether oxygens (including phenoxy) is 1. The monoisotopic (exact) mass is 299 g/mol. The normalized spacial score (nSPS) is 23.2. The first-order valence-electron chi connectivity index (χ1n) is 6.84. The van der Waals surface area contributed by atoms with Crippen molar-refractivity contribution in [2.75, 3.05) is 12.4 Å². The van der Waals surface area contributed by atoms with Gasteiger partial charge in [0.15, 0.2) is 9.84 Å². The Bertz CT molecular complexity index is 548. The first kappa shape index (κ1) is 15.2. The van der Waals surface area contributed by atoms with Gasteiger partial charge in [0, 0.05) is 6.20 Å². The van der Waals surface area contributed by atoms with Crippen LogP contribution in [0.25, 0.3) is 0 Å². The minimum Gasteiger partial charge on any atom is -0.492 e. The third kappa shape index (κ3) is 3.28. The van der Waals surface area contributed by atoms with Gasteiger partial charge >= 0.3 is 0 Å². The van der Waals surface area contributed by atoms with Crippen molar-refractivity contribution in [1.29, 1.82) is 0 Å². The Hall–Kier alpha value is -1.18. The molecule has 0 amide bonds. The molecule has 1 aromatic rings. The van der Waals surface area contributed by atoms with E-state index in [0.29, 0.717) is 18.8 Å². The number of nitrogens with zero attached hydrogens (tertiary/aromatic N) is 1. The molecule has 0 radical (unpaired) electrons. The number of hydrogen-bond acceptors (Lipinski definition) is 6. The van der Waals surface area contributed by atoms with Gasteiger partial charge in [-0.2, -0.15) is 0 Å². The lowest BCUT2D eigenvalue weighted by atomic mass is 10.0. The van der Waals surface area contributed by atoms with Crippen molar-refractivity contribution in [2.45, 2.75) is 37.5 Å². The molecule has 1 aliphatic heterocycles. The predicted octanol–water partition coefficient (Wildman–Crippen LogP) is 0.952. The van der Waals surface area contributed by atoms with E-state index in [4.69, 9.17) is 10.6 Å². The molecule has 3 N–H and O–H groups in total. The number of rotatable bonds is 5. The number of nitrogens with one attached hydrogen (secondary N) is 1. The Kier molecular flexibility index (Phi) is 4.95. The molecule has 1 aliphatic rings. The van der Waals surface area contributed by atoms with Gasteiger partial charge in [-0.05, 0) is 31.4 Å². The number of pyridine rings is 1. The van der Waals surface area contributed by atoms with Crippen LogP contribution in [0, 0.1) is 0 Å². The van der Waals surface area contributed by atoms with E-state index >= 15 is 0 Å². The Morgan fingerprint density at radius 1 is 1.50 bits per heavy atom. The van der Waals surface area contributed by atoms with Crippen molar-refractivity contribution in [1.82, 2.24) is 10.4 Å². The summed E-state index contributed by atoms with van der Waals surface area (Å²) in [5.41, 5.74) is 3.38. The third-order valence-corrected chi connectivity index (χ3v) is 5.87. The van der Waals surface area contributed by atoms with Gasteiger partial charge in [-0.15, -0.1) is 0 Å². The van der Waals surface area contributed by atoms with Crippen LogP contribution in [0.5, 0.6) is 5.75 Å². The second-order valence-electron chi connectivity index (χ2n) is 4.93. The average Bonchev–Trinajstić information content (AvgIpc) is 2.42. The molecule has 0 bridgehead atoms. The van der Waals surface area contributed by atoms with Crippen LogP contribution in [0.3, 0.4) is 0 Å². The molecule has 0 spiro atoms. The molecule has 1 saturated heterocycles. The molecule has 1 fully saturated rings. The molecular formula is C13H21N3O3S. The molecule has 20 heavy (non-hydrogen) atoms. The fourth-order valence-corrected chi connectivity index (χ4v) is 4.71. The number of sulfone groups is 1. The van der Waals surface area contributed by atoms with Crippen molar-refractivity contribution >= 4 is 9.84 Å². The van der Waals surface area contributed by atoms with Crippen molar-refractivity contribution in [3.05, 3.63) is 24.0 Å². The maximum Gasteiger partial charge on any atom is 0.155 e. The van der Waals surface area contributed by atoms with Crippen LogP contribution in [0.15, 0.2) is 18.5 Å². The summed E-state index contributed by atoms with van der Waals surface area (Å²) in [7, 11) is -3.12. The fraction of sp³-hybridized carbons (Fsp3) is 0.615. The van der Waals surface area contributed by atoms with Gasteiger partial charge in [0.25, 0.3) is 0 Å². The van der Waals surface area contributed by atoms with Crippen molar-refractivity contribution < 1.29 is 13.2 Å². The highest BCUT2D eigenvalue weighted by Crippen LogP contribution is 2.31. The van der Waals surface area contributed by atoms with Crippen LogP contribution in [0.4, 0.5) is 0 Å². The molecule has 7 heteroatoms. The number of hydrazine groups is 1. The SMILES string of the molecule is CCOc1cncc(C(NN)C2CCCCS2(=O)=O)c1. The third-order valence-electron chi connectivity index (χ3n) is 3.58. The van der Waals surface area contributed by atoms with Gasteiger partial charge in [-0.3, -0.25) is 16.3 Å². The van der Waals surface area contributed by atoms with E-state index < -0.39 is 21.1 Å². The van der Waals surface area contributed by atoms with Crippen LogP contribution < -0.4 is 16.0 Å². The fourth-order valence-electron chi connectivity index (χ4n) is 2.62. The maximum atomic E-state index is 12.2. The minimum absolute atomic E-state index is 0.231. The largest absolute Gasteiger partial charge is 0.492 e. The highest BCUT2D eigenvalue weighted by Gasteiger charge is 2.36. The molecule has 2 rings (SSSR count). The Morgan fingerprint density at radius 2 is 2.30 bits per heavy atom. The topological polar surface area (TPSA) is 94.3 Å². The average molecular weight is 299 g/mol. The molecule has 1 aromatic heterocycles. The predicted molar refractivity (Wildman–Crippen MR) is 76.9 cm³/mol. The van der Waals surface area contributed by atoms with Crippen LogP contribution in [0.1, 0.15) is 37.8 Å². The summed E-state index contributed by atoms with van der Waals surface area (Å²) in [5, 5.41) is -0.500. The van der Waals surface area contributed by atoms with Gasteiger partial charge < -0.3 is 4.74 Å². The highest BCUT2D eigenvalue weighted by atomic mass is 32.2. The number of nitrogens with two attached hydrogens (primary N) is 1. The summed E-state index contributed by atoms with van der Waals surface area (Å²) in [6.45, 7) is 2.42. The summed E-state index contributed by atoms with van der Waals surface area (Å²) in [5.74, 6) is 6.45. The van der Waals surface area contributed by atoms with Crippen LogP contribution in [-0.2, 0) is 9.84 Å². The summed E-state index contributed by atoms with van der Waals surface area (Å²) < 4.78 is 29.8. The van der Waals surface area contributed by atoms with Crippen molar-refractivity contribution in [3.8, 4) is 5.75 Å². The van der Waals surface area contributed by atoms with Crippen LogP contribution in [0.2, 0.25) is 0 Å². The molecule has 0 saturated carbocycles. The van der Waals surface area contributed by atoms with Crippen molar-refractivity contribution in [2.24, 2.45) is 5.84 Å². The van der Waals surface area contributed by atoms with E-state index in [9.17, 15) is 8.42 Å². The number of aromatic nitrogens is 1. The lowest BCUT2D eigenvalue weighted by Crippen LogP contribution is -2.43. The van der Waals surface area contributed by atoms with E-state index in [-0.39, 0.29) is 5.75 Å². The molecule has 0 aliphatic carbocycles. The van der Waals surface area contributed by atoms with Gasteiger partial charge in [0.1, 0.15) is 5.75 Å². The van der Waals surface area contributed by atoms with Crippen LogP contribution >= 0.6 is 0 Å². The molecular weight excluding hydrogens is 278 g/mol. The Morgan fingerprint density at radius 3 is 2.95 bits per heavy atom. The molecule has 2 unspecified atom stereocenters. The lowest BCUT2D eigenvalue weighted by Gasteiger charge is -2.29. The standard InChI is InChI=1S/C13H21N3O3S/c1-2-19-11-7-10(8-15-9-11)13(16-14)12-5-3-4-6-20(12,17)18/h7-9,12-13,16H,2-6,14H2,1H3.